The van der Waals surface area contributed by atoms with E-state index in [9.17, 15) is 34.8 Å². The normalized spacial score (nSPS) is 54.2. The number of carboxylic acids is 1. The molecule has 0 saturated carbocycles. The Kier molecular flexibility index (Phi) is 12.0. The summed E-state index contributed by atoms with van der Waals surface area (Å²) in [6, 6.07) is 0. The number of allylic oxidation sites excluding steroid dienone is 3. The quantitative estimate of drug-likeness (QED) is 0.224. The van der Waals surface area contributed by atoms with Gasteiger partial charge in [-0.15, -0.1) is 0 Å². The fourth-order valence-electron chi connectivity index (χ4n) is 12.5. The molecule has 63 heavy (non-hydrogen) atoms. The van der Waals surface area contributed by atoms with Gasteiger partial charge in [0.25, 0.3) is 0 Å². The van der Waals surface area contributed by atoms with Crippen LogP contribution in [0, 0.1) is 17.8 Å². The molecule has 0 aromatic heterocycles. The Balaban J connectivity index is 1.04. The minimum Gasteiger partial charge on any atom is -0.479 e. The van der Waals surface area contributed by atoms with E-state index in [1.54, 1.807) is 13.8 Å². The number of fused-ring (bicyclic) bond motifs is 11. The van der Waals surface area contributed by atoms with Gasteiger partial charge in [0.2, 0.25) is 5.79 Å². The predicted molar refractivity (Wildman–Crippen MR) is 220 cm³/mol. The molecule has 0 aromatic rings. The van der Waals surface area contributed by atoms with Crippen molar-refractivity contribution < 1.29 is 77.4 Å². The van der Waals surface area contributed by atoms with Crippen molar-refractivity contribution in [1.82, 2.24) is 0 Å². The van der Waals surface area contributed by atoms with E-state index >= 15 is 0 Å². The third kappa shape index (κ3) is 8.18. The van der Waals surface area contributed by atoms with E-state index in [0.29, 0.717) is 57.8 Å². The molecule has 9 aliphatic heterocycles. The minimum absolute atomic E-state index is 0.0330. The van der Waals surface area contributed by atoms with Crippen LogP contribution >= 0.6 is 0 Å². The molecule has 9 rings (SSSR count). The number of rotatable bonds is 2. The largest absolute Gasteiger partial charge is 0.479 e. The van der Waals surface area contributed by atoms with Crippen molar-refractivity contribution in [2.45, 2.75) is 227 Å². The molecule has 0 aromatic carbocycles. The van der Waals surface area contributed by atoms with Crippen LogP contribution in [-0.2, 0) is 57.0 Å². The number of carboxylic acid groups (broad SMARTS) is 1. The Labute approximate surface area is 369 Å². The van der Waals surface area contributed by atoms with Crippen molar-refractivity contribution in [1.29, 1.82) is 0 Å². The first-order chi connectivity index (χ1) is 29.7. The summed E-state index contributed by atoms with van der Waals surface area (Å²) in [7, 11) is 0. The molecule has 9 heterocycles. The Morgan fingerprint density at radius 1 is 0.841 bits per heavy atom. The lowest BCUT2D eigenvalue weighted by Crippen LogP contribution is -2.61. The summed E-state index contributed by atoms with van der Waals surface area (Å²) < 4.78 is 58.7. The van der Waals surface area contributed by atoms with Crippen molar-refractivity contribution in [3.8, 4) is 0 Å². The van der Waals surface area contributed by atoms with Crippen molar-refractivity contribution in [2.75, 3.05) is 6.61 Å². The number of aliphatic hydroxyl groups excluding tert-OH is 2. The first kappa shape index (κ1) is 45.8. The zero-order valence-electron chi connectivity index (χ0n) is 37.5. The zero-order valence-corrected chi connectivity index (χ0v) is 37.5. The van der Waals surface area contributed by atoms with Gasteiger partial charge in [0, 0.05) is 38.5 Å². The maximum absolute atomic E-state index is 14.1. The Bertz CT molecular complexity index is 1860. The molecule has 352 valence electrons. The fourth-order valence-corrected chi connectivity index (χ4v) is 12.5. The SMILES string of the molecule is CC1=C\[C@H](C)C[C@@]2(C)CC[C@@H](O2)[C@@]23CC[C@@](C(=O)O)(C[C@@H](O2)[C@H]2O[C@](C)(CC2=O)[C@H]2O[C@@]4(CCC[C@H](O4)[C@@H](C)C(=O)O[C@@H]4C[C@@H]([C@@]5(O)OCC[C@@H](C)[C@H]5O)O[C@@H]4\C=C\1)CC[C@@H]2O)O3. The number of ether oxygens (including phenoxy) is 9. The number of hydrogen-bond donors (Lipinski definition) is 4. The Morgan fingerprint density at radius 2 is 1.63 bits per heavy atom. The molecule has 0 unspecified atom stereocenters. The molecular formula is C47H68O16. The first-order valence-corrected chi connectivity index (χ1v) is 23.5. The van der Waals surface area contributed by atoms with Crippen LogP contribution in [0.25, 0.3) is 0 Å². The highest BCUT2D eigenvalue weighted by Gasteiger charge is 2.68. The number of esters is 1. The van der Waals surface area contributed by atoms with Gasteiger partial charge in [-0.25, -0.2) is 4.79 Å². The number of Topliss-reactive ketones (excluding diaryl/α,β-unsaturated/α-hetero) is 1. The molecule has 8 fully saturated rings. The molecule has 16 heteroatoms. The number of aliphatic hydroxyl groups is 3. The molecule has 4 N–H and O–H groups in total. The molecule has 9 aliphatic rings. The van der Waals surface area contributed by atoms with E-state index in [2.05, 4.69) is 13.0 Å². The highest BCUT2D eigenvalue weighted by Crippen LogP contribution is 2.56. The number of aliphatic carboxylic acids is 1. The van der Waals surface area contributed by atoms with Crippen molar-refractivity contribution in [3.63, 3.8) is 0 Å². The second-order valence-electron chi connectivity index (χ2n) is 21.1. The summed E-state index contributed by atoms with van der Waals surface area (Å²) in [6.07, 6.45) is 1.94. The van der Waals surface area contributed by atoms with Gasteiger partial charge in [-0.3, -0.25) is 9.59 Å². The highest BCUT2D eigenvalue weighted by atomic mass is 16.8. The Hall–Kier alpha value is -2.35. The smallest absolute Gasteiger partial charge is 0.336 e. The van der Waals surface area contributed by atoms with E-state index in [0.717, 1.165) is 5.57 Å². The number of carbonyl (C=O) groups is 3. The van der Waals surface area contributed by atoms with Crippen LogP contribution in [0.3, 0.4) is 0 Å². The molecular weight excluding hydrogens is 821 g/mol. The van der Waals surface area contributed by atoms with Gasteiger partial charge < -0.3 is 63.1 Å². The number of ketones is 1. The lowest BCUT2D eigenvalue weighted by molar-refractivity contribution is -0.368. The van der Waals surface area contributed by atoms with Crippen molar-refractivity contribution >= 4 is 17.7 Å². The van der Waals surface area contributed by atoms with E-state index in [4.69, 9.17) is 42.6 Å². The first-order valence-electron chi connectivity index (χ1n) is 23.5. The second kappa shape index (κ2) is 16.5. The predicted octanol–water partition coefficient (Wildman–Crippen LogP) is 4.32. The minimum atomic E-state index is -1.99. The van der Waals surface area contributed by atoms with Crippen LogP contribution in [0.4, 0.5) is 0 Å². The van der Waals surface area contributed by atoms with Crippen LogP contribution in [0.2, 0.25) is 0 Å². The van der Waals surface area contributed by atoms with E-state index in [1.165, 1.54) is 0 Å². The van der Waals surface area contributed by atoms with Crippen LogP contribution in [0.5, 0.6) is 0 Å². The van der Waals surface area contributed by atoms with Crippen molar-refractivity contribution in [2.24, 2.45) is 17.8 Å². The molecule has 10 bridgehead atoms. The summed E-state index contributed by atoms with van der Waals surface area (Å²) >= 11 is 0. The third-order valence-corrected chi connectivity index (χ3v) is 16.0. The average Bonchev–Trinajstić information content (AvgIpc) is 3.99. The van der Waals surface area contributed by atoms with Gasteiger partial charge in [0.15, 0.2) is 23.0 Å². The van der Waals surface area contributed by atoms with Gasteiger partial charge in [-0.2, -0.15) is 0 Å². The van der Waals surface area contributed by atoms with Crippen LogP contribution in [0.15, 0.2) is 23.8 Å². The molecule has 8 saturated heterocycles. The molecule has 16 nitrogen and oxygen atoms in total. The average molecular weight is 889 g/mol. The Morgan fingerprint density at radius 3 is 2.41 bits per heavy atom. The summed E-state index contributed by atoms with van der Waals surface area (Å²) in [5, 5.41) is 45.0. The standard InChI is InChI=1S/C47H68O16/c1-25-9-10-32-33(21-36(56-32)47(54)38(50)27(3)13-19-55-47)57-40(51)28(4)31-8-7-14-45(58-31)16-11-29(48)39(62-45)43(6)23-30(49)37(61-43)34-24-44(41(52)53)17-18-46(59-34,63-44)35-12-15-42(5,60-35)22-26(2)20-25/h9-10,20,26-29,31-39,48,50,54H,7-8,11-19,21-24H2,1-6H3,(H,52,53)/b10-9+,25-20+/t26-,27+,28+,29-,31-,32+,33+,34+,35+,36-,37-,38+,39-,42+,43+,44-,45-,46-,47+/m0/s1. The summed E-state index contributed by atoms with van der Waals surface area (Å²) in [5.41, 5.74) is -2.58. The number of carbonyl (C=O) groups excluding carboxylic acids is 2. The zero-order chi connectivity index (χ0) is 44.9. The highest BCUT2D eigenvalue weighted by molar-refractivity contribution is 5.87. The molecule has 0 amide bonds. The van der Waals surface area contributed by atoms with Crippen LogP contribution in [-0.4, -0.2) is 140 Å². The monoisotopic (exact) mass is 888 g/mol. The maximum Gasteiger partial charge on any atom is 0.336 e. The van der Waals surface area contributed by atoms with E-state index < -0.39 is 113 Å². The van der Waals surface area contributed by atoms with Crippen molar-refractivity contribution in [3.05, 3.63) is 23.8 Å². The van der Waals surface area contributed by atoms with E-state index in [-0.39, 0.29) is 56.3 Å². The van der Waals surface area contributed by atoms with Gasteiger partial charge in [-0.1, -0.05) is 37.6 Å². The van der Waals surface area contributed by atoms with Gasteiger partial charge >= 0.3 is 11.9 Å². The topological polar surface area (TPSA) is 215 Å². The summed E-state index contributed by atoms with van der Waals surface area (Å²) in [5.74, 6) is -7.44. The number of hydrogen-bond acceptors (Lipinski definition) is 15. The third-order valence-electron chi connectivity index (χ3n) is 16.0. The molecule has 0 aliphatic carbocycles. The van der Waals surface area contributed by atoms with Gasteiger partial charge in [-0.05, 0) is 90.9 Å². The van der Waals surface area contributed by atoms with Crippen LogP contribution < -0.4 is 0 Å². The lowest BCUT2D eigenvalue weighted by Gasteiger charge is -2.51. The van der Waals surface area contributed by atoms with Gasteiger partial charge in [0.1, 0.15) is 48.3 Å². The molecule has 19 atom stereocenters. The van der Waals surface area contributed by atoms with Crippen LogP contribution in [0.1, 0.15) is 131 Å². The molecule has 0 radical (unpaired) electrons. The van der Waals surface area contributed by atoms with E-state index in [1.807, 2.05) is 32.9 Å². The lowest BCUT2D eigenvalue weighted by atomic mass is 9.83. The molecule has 2 spiro atoms. The summed E-state index contributed by atoms with van der Waals surface area (Å²) in [4.78, 5) is 41.2. The summed E-state index contributed by atoms with van der Waals surface area (Å²) in [6.45, 7) is 11.7. The second-order valence-corrected chi connectivity index (χ2v) is 21.1. The maximum atomic E-state index is 14.1. The fraction of sp³-hybridized carbons (Fsp3) is 0.851. The van der Waals surface area contributed by atoms with Gasteiger partial charge in [0.05, 0.1) is 36.4 Å².